The number of nitrogens with one attached hydrogen (secondary N) is 1. The smallest absolute Gasteiger partial charge is 0.130 e. The van der Waals surface area contributed by atoms with E-state index in [-0.39, 0.29) is 0 Å². The van der Waals surface area contributed by atoms with E-state index in [0.717, 1.165) is 30.7 Å². The molecular formula is C12H19NO2. The van der Waals surface area contributed by atoms with E-state index in [4.69, 9.17) is 9.15 Å². The summed E-state index contributed by atoms with van der Waals surface area (Å²) in [6.07, 6.45) is 2.62. The summed E-state index contributed by atoms with van der Waals surface area (Å²) in [5.74, 6) is 1.98. The molecule has 0 saturated heterocycles. The molecule has 0 bridgehead atoms. The summed E-state index contributed by atoms with van der Waals surface area (Å²) < 4.78 is 11.0. The first-order valence-electron chi connectivity index (χ1n) is 5.69. The van der Waals surface area contributed by atoms with Gasteiger partial charge >= 0.3 is 0 Å². The monoisotopic (exact) mass is 209 g/mol. The van der Waals surface area contributed by atoms with Gasteiger partial charge in [0.25, 0.3) is 0 Å². The van der Waals surface area contributed by atoms with Crippen LogP contribution in [0.25, 0.3) is 0 Å². The molecule has 0 amide bonds. The van der Waals surface area contributed by atoms with Gasteiger partial charge in [0.05, 0.1) is 6.54 Å². The Hall–Kier alpha value is -0.800. The van der Waals surface area contributed by atoms with Gasteiger partial charge in [-0.3, -0.25) is 0 Å². The Kier molecular flexibility index (Phi) is 3.44. The van der Waals surface area contributed by atoms with Crippen LogP contribution in [0.4, 0.5) is 0 Å². The molecule has 0 aliphatic heterocycles. The lowest BCUT2D eigenvalue weighted by molar-refractivity contribution is 0.117. The van der Waals surface area contributed by atoms with Gasteiger partial charge in [0.15, 0.2) is 0 Å². The first-order valence-corrected chi connectivity index (χ1v) is 5.69. The molecule has 0 unspecified atom stereocenters. The first kappa shape index (κ1) is 10.7. The van der Waals surface area contributed by atoms with Crippen molar-refractivity contribution >= 4 is 0 Å². The highest BCUT2D eigenvalue weighted by Gasteiger charge is 2.21. The summed E-state index contributed by atoms with van der Waals surface area (Å²) in [6, 6.07) is 2.80. The molecule has 1 aromatic heterocycles. The summed E-state index contributed by atoms with van der Waals surface area (Å²) in [5.41, 5.74) is 1.22. The fourth-order valence-corrected chi connectivity index (χ4v) is 1.56. The van der Waals surface area contributed by atoms with Crippen molar-refractivity contribution in [1.29, 1.82) is 0 Å². The maximum absolute atomic E-state index is 5.71. The van der Waals surface area contributed by atoms with Crippen LogP contribution in [0.1, 0.15) is 36.8 Å². The number of rotatable bonds is 6. The van der Waals surface area contributed by atoms with Crippen LogP contribution in [0.2, 0.25) is 0 Å². The Morgan fingerprint density at radius 3 is 3.00 bits per heavy atom. The molecule has 0 spiro atoms. The molecule has 1 fully saturated rings. The Balaban J connectivity index is 1.87. The summed E-state index contributed by atoms with van der Waals surface area (Å²) in [4.78, 5) is 0. The lowest BCUT2D eigenvalue weighted by Gasteiger charge is -2.00. The van der Waals surface area contributed by atoms with Gasteiger partial charge in [-0.15, -0.1) is 0 Å². The fourth-order valence-electron chi connectivity index (χ4n) is 1.56. The molecule has 2 rings (SSSR count). The maximum Gasteiger partial charge on any atom is 0.130 e. The number of hydrogen-bond donors (Lipinski definition) is 1. The second kappa shape index (κ2) is 4.81. The largest absolute Gasteiger partial charge is 0.462 e. The zero-order valence-electron chi connectivity index (χ0n) is 9.51. The van der Waals surface area contributed by atoms with Crippen LogP contribution < -0.4 is 5.32 Å². The van der Waals surface area contributed by atoms with Crippen LogP contribution in [0.15, 0.2) is 10.5 Å². The molecule has 1 aromatic rings. The van der Waals surface area contributed by atoms with Crippen molar-refractivity contribution in [3.63, 3.8) is 0 Å². The predicted molar refractivity (Wildman–Crippen MR) is 58.6 cm³/mol. The molecule has 1 saturated carbocycles. The van der Waals surface area contributed by atoms with E-state index in [0.29, 0.717) is 6.61 Å². The molecular weight excluding hydrogens is 190 g/mol. The summed E-state index contributed by atoms with van der Waals surface area (Å²) in [5, 5.41) is 3.45. The van der Waals surface area contributed by atoms with Crippen LogP contribution in [0, 0.1) is 6.92 Å². The fraction of sp³-hybridized carbons (Fsp3) is 0.667. The lowest BCUT2D eigenvalue weighted by atomic mass is 10.2. The van der Waals surface area contributed by atoms with Gasteiger partial charge in [-0.1, -0.05) is 0 Å². The van der Waals surface area contributed by atoms with Gasteiger partial charge in [0, 0.05) is 12.6 Å². The average molecular weight is 209 g/mol. The van der Waals surface area contributed by atoms with Crippen molar-refractivity contribution in [2.75, 3.05) is 6.61 Å². The molecule has 1 N–H and O–H groups in total. The normalized spacial score (nSPS) is 15.9. The van der Waals surface area contributed by atoms with E-state index < -0.39 is 0 Å². The molecule has 15 heavy (non-hydrogen) atoms. The molecule has 0 aromatic carbocycles. The molecule has 84 valence electrons. The van der Waals surface area contributed by atoms with Gasteiger partial charge in [-0.05, 0) is 38.3 Å². The maximum atomic E-state index is 5.71. The number of ether oxygens (including phenoxy) is 1. The third-order valence-electron chi connectivity index (χ3n) is 2.65. The lowest BCUT2D eigenvalue weighted by Crippen LogP contribution is -2.15. The third kappa shape index (κ3) is 3.08. The number of furan rings is 1. The van der Waals surface area contributed by atoms with Crippen LogP contribution in [0.3, 0.4) is 0 Å². The summed E-state index contributed by atoms with van der Waals surface area (Å²) in [6.45, 7) is 6.24. The zero-order chi connectivity index (χ0) is 10.7. The second-order valence-electron chi connectivity index (χ2n) is 4.11. The number of hydrogen-bond acceptors (Lipinski definition) is 3. The van der Waals surface area contributed by atoms with Crippen molar-refractivity contribution in [2.45, 2.75) is 45.9 Å². The zero-order valence-corrected chi connectivity index (χ0v) is 9.51. The summed E-state index contributed by atoms with van der Waals surface area (Å²) in [7, 11) is 0. The van der Waals surface area contributed by atoms with E-state index in [9.17, 15) is 0 Å². The van der Waals surface area contributed by atoms with Crippen molar-refractivity contribution < 1.29 is 9.15 Å². The molecule has 0 radical (unpaired) electrons. The molecule has 0 atom stereocenters. The topological polar surface area (TPSA) is 34.4 Å². The van der Waals surface area contributed by atoms with E-state index >= 15 is 0 Å². The summed E-state index contributed by atoms with van der Waals surface area (Å²) >= 11 is 0. The van der Waals surface area contributed by atoms with Crippen LogP contribution in [-0.2, 0) is 17.9 Å². The van der Waals surface area contributed by atoms with E-state index in [1.165, 1.54) is 18.4 Å². The third-order valence-corrected chi connectivity index (χ3v) is 2.65. The van der Waals surface area contributed by atoms with Crippen LogP contribution in [-0.4, -0.2) is 12.6 Å². The van der Waals surface area contributed by atoms with E-state index in [1.807, 2.05) is 6.92 Å². The van der Waals surface area contributed by atoms with Crippen LogP contribution >= 0.6 is 0 Å². The molecule has 1 aliphatic rings. The quantitative estimate of drug-likeness (QED) is 0.781. The van der Waals surface area contributed by atoms with Gasteiger partial charge < -0.3 is 14.5 Å². The van der Waals surface area contributed by atoms with Crippen molar-refractivity contribution in [3.8, 4) is 0 Å². The van der Waals surface area contributed by atoms with Gasteiger partial charge in [-0.2, -0.15) is 0 Å². The van der Waals surface area contributed by atoms with Crippen LogP contribution in [0.5, 0.6) is 0 Å². The van der Waals surface area contributed by atoms with E-state index in [2.05, 4.69) is 18.3 Å². The highest BCUT2D eigenvalue weighted by Crippen LogP contribution is 2.21. The average Bonchev–Trinajstić information content (AvgIpc) is 2.98. The Bertz CT molecular complexity index is 315. The highest BCUT2D eigenvalue weighted by atomic mass is 16.5. The Morgan fingerprint density at radius 2 is 2.33 bits per heavy atom. The van der Waals surface area contributed by atoms with Gasteiger partial charge in [0.2, 0.25) is 0 Å². The van der Waals surface area contributed by atoms with Crippen molar-refractivity contribution in [1.82, 2.24) is 5.32 Å². The molecule has 3 heteroatoms. The Labute approximate surface area is 90.8 Å². The predicted octanol–water partition coefficient (Wildman–Crippen LogP) is 2.38. The van der Waals surface area contributed by atoms with E-state index in [1.54, 1.807) is 0 Å². The standard InChI is InChI=1S/C12H19NO2/c1-3-14-8-11-6-9(2)12(15-11)7-13-10-4-5-10/h6,10,13H,3-5,7-8H2,1-2H3. The Morgan fingerprint density at radius 1 is 1.53 bits per heavy atom. The van der Waals surface area contributed by atoms with Gasteiger partial charge in [0.1, 0.15) is 18.1 Å². The minimum absolute atomic E-state index is 0.584. The first-order chi connectivity index (χ1) is 7.29. The number of aryl methyl sites for hydroxylation is 1. The minimum atomic E-state index is 0.584. The molecule has 1 aliphatic carbocycles. The minimum Gasteiger partial charge on any atom is -0.462 e. The van der Waals surface area contributed by atoms with Gasteiger partial charge in [-0.25, -0.2) is 0 Å². The second-order valence-corrected chi connectivity index (χ2v) is 4.11. The highest BCUT2D eigenvalue weighted by molar-refractivity contribution is 5.19. The SMILES string of the molecule is CCOCc1cc(C)c(CNC2CC2)o1. The molecule has 1 heterocycles. The molecule has 3 nitrogen and oxygen atoms in total. The van der Waals surface area contributed by atoms with Crippen molar-refractivity contribution in [3.05, 3.63) is 23.2 Å². The van der Waals surface area contributed by atoms with Crippen molar-refractivity contribution in [2.24, 2.45) is 0 Å².